The number of carbonyl (C=O) groups excluding carboxylic acids is 3. The van der Waals surface area contributed by atoms with Crippen LogP contribution in [-0.4, -0.2) is 23.0 Å². The van der Waals surface area contributed by atoms with Crippen molar-refractivity contribution in [1.82, 2.24) is 5.32 Å². The van der Waals surface area contributed by atoms with Crippen LogP contribution in [0.5, 0.6) is 0 Å². The number of rotatable bonds is 10. The van der Waals surface area contributed by atoms with Crippen LogP contribution in [0.4, 0.5) is 11.4 Å². The lowest BCUT2D eigenvalue weighted by Gasteiger charge is -2.15. The maximum atomic E-state index is 13.5. The number of anilines is 2. The second-order valence-corrected chi connectivity index (χ2v) is 12.2. The molecule has 0 saturated carbocycles. The van der Waals surface area contributed by atoms with Crippen LogP contribution in [0.2, 0.25) is 0 Å². The van der Waals surface area contributed by atoms with Crippen LogP contribution in [0.3, 0.4) is 0 Å². The van der Waals surface area contributed by atoms with Gasteiger partial charge in [0.25, 0.3) is 11.8 Å². The highest BCUT2D eigenvalue weighted by atomic mass is 32.2. The van der Waals surface area contributed by atoms with E-state index in [0.717, 1.165) is 27.3 Å². The van der Waals surface area contributed by atoms with E-state index >= 15 is 0 Å². The minimum Gasteiger partial charge on any atom is -0.325 e. The Morgan fingerprint density at radius 3 is 2.19 bits per heavy atom. The Balaban J connectivity index is 1.49. The molecule has 1 atom stereocenters. The molecule has 4 aromatic rings. The van der Waals surface area contributed by atoms with Gasteiger partial charge in [-0.1, -0.05) is 74.5 Å². The van der Waals surface area contributed by atoms with Gasteiger partial charge in [-0.2, -0.15) is 0 Å². The predicted octanol–water partition coefficient (Wildman–Crippen LogP) is 7.96. The molecule has 0 fully saturated rings. The Labute approximate surface area is 258 Å². The van der Waals surface area contributed by atoms with Crippen LogP contribution in [0.25, 0.3) is 6.08 Å². The van der Waals surface area contributed by atoms with E-state index in [-0.39, 0.29) is 22.8 Å². The van der Waals surface area contributed by atoms with Crippen LogP contribution in [0.1, 0.15) is 59.3 Å². The van der Waals surface area contributed by atoms with Crippen molar-refractivity contribution in [2.24, 2.45) is 0 Å². The number of benzene rings is 4. The molecular weight excluding hydrogens is 554 g/mol. The van der Waals surface area contributed by atoms with E-state index in [4.69, 9.17) is 0 Å². The highest BCUT2D eigenvalue weighted by Gasteiger charge is 2.18. The second kappa shape index (κ2) is 14.5. The van der Waals surface area contributed by atoms with Crippen LogP contribution >= 0.6 is 11.8 Å². The third kappa shape index (κ3) is 8.93. The largest absolute Gasteiger partial charge is 0.325 e. The van der Waals surface area contributed by atoms with Crippen molar-refractivity contribution in [2.45, 2.75) is 50.7 Å². The van der Waals surface area contributed by atoms with Gasteiger partial charge in [0.15, 0.2) is 0 Å². The summed E-state index contributed by atoms with van der Waals surface area (Å²) in [5, 5.41) is 8.34. The number of aryl methyl sites for hydroxylation is 2. The molecule has 7 heteroatoms. The Morgan fingerprint density at radius 1 is 0.767 bits per heavy atom. The van der Waals surface area contributed by atoms with Crippen molar-refractivity contribution >= 4 is 46.9 Å². The van der Waals surface area contributed by atoms with Crippen LogP contribution in [-0.2, 0) is 9.59 Å². The third-order valence-corrected chi connectivity index (χ3v) is 7.96. The molecule has 4 rings (SSSR count). The molecule has 220 valence electrons. The van der Waals surface area contributed by atoms with Gasteiger partial charge in [0.2, 0.25) is 5.91 Å². The molecule has 3 N–H and O–H groups in total. The first-order valence-corrected chi connectivity index (χ1v) is 15.1. The quantitative estimate of drug-likeness (QED) is 0.129. The molecule has 0 spiro atoms. The molecule has 0 aliphatic carbocycles. The van der Waals surface area contributed by atoms with Crippen molar-refractivity contribution < 1.29 is 14.4 Å². The van der Waals surface area contributed by atoms with E-state index in [1.165, 1.54) is 17.3 Å². The smallest absolute Gasteiger partial charge is 0.272 e. The number of nitrogens with one attached hydrogen (secondary N) is 3. The Morgan fingerprint density at radius 2 is 1.49 bits per heavy atom. The lowest BCUT2D eigenvalue weighted by atomic mass is 10.0. The van der Waals surface area contributed by atoms with Gasteiger partial charge in [0.1, 0.15) is 5.70 Å². The molecule has 43 heavy (non-hydrogen) atoms. The lowest BCUT2D eigenvalue weighted by Crippen LogP contribution is -2.30. The van der Waals surface area contributed by atoms with Crippen molar-refractivity contribution in [3.8, 4) is 0 Å². The van der Waals surface area contributed by atoms with E-state index in [0.29, 0.717) is 17.2 Å². The first-order chi connectivity index (χ1) is 20.6. The fourth-order valence-electron chi connectivity index (χ4n) is 4.29. The monoisotopic (exact) mass is 591 g/mol. The number of hydrogen-bond acceptors (Lipinski definition) is 4. The molecule has 6 nitrogen and oxygen atoms in total. The third-order valence-electron chi connectivity index (χ3n) is 6.87. The second-order valence-electron chi connectivity index (χ2n) is 10.7. The first-order valence-electron chi connectivity index (χ1n) is 14.2. The summed E-state index contributed by atoms with van der Waals surface area (Å²) in [7, 11) is 0. The summed E-state index contributed by atoms with van der Waals surface area (Å²) in [6.07, 6.45) is 1.67. The van der Waals surface area contributed by atoms with Crippen molar-refractivity contribution in [1.29, 1.82) is 0 Å². The lowest BCUT2D eigenvalue weighted by molar-refractivity contribution is -0.115. The zero-order valence-electron chi connectivity index (χ0n) is 25.1. The van der Waals surface area contributed by atoms with Crippen molar-refractivity contribution in [3.05, 3.63) is 131 Å². The van der Waals surface area contributed by atoms with E-state index in [2.05, 4.69) is 29.8 Å². The molecule has 1 unspecified atom stereocenters. The molecule has 0 heterocycles. The summed E-state index contributed by atoms with van der Waals surface area (Å²) < 4.78 is 0. The molecule has 4 aromatic carbocycles. The zero-order valence-corrected chi connectivity index (χ0v) is 25.9. The van der Waals surface area contributed by atoms with E-state index < -0.39 is 5.91 Å². The number of thioether (sulfide) groups is 1. The Bertz CT molecular complexity index is 1630. The van der Waals surface area contributed by atoms with Crippen molar-refractivity contribution in [3.63, 3.8) is 0 Å². The van der Waals surface area contributed by atoms with Gasteiger partial charge in [0.05, 0.1) is 5.25 Å². The summed E-state index contributed by atoms with van der Waals surface area (Å²) in [5.74, 6) is -0.566. The summed E-state index contributed by atoms with van der Waals surface area (Å²) in [4.78, 5) is 40.2. The van der Waals surface area contributed by atoms with Gasteiger partial charge in [-0.3, -0.25) is 14.4 Å². The normalized spacial score (nSPS) is 12.0. The minimum atomic E-state index is -0.458. The molecule has 0 aliphatic rings. The van der Waals surface area contributed by atoms with Gasteiger partial charge < -0.3 is 16.0 Å². The maximum Gasteiger partial charge on any atom is 0.272 e. The Kier molecular flexibility index (Phi) is 10.6. The molecule has 0 saturated heterocycles. The summed E-state index contributed by atoms with van der Waals surface area (Å²) in [6, 6.07) is 29.9. The number of amides is 3. The summed E-state index contributed by atoms with van der Waals surface area (Å²) in [5.41, 5.74) is 5.96. The molecule has 3 amide bonds. The zero-order chi connectivity index (χ0) is 30.9. The average Bonchev–Trinajstić information content (AvgIpc) is 2.99. The Hall–Kier alpha value is -4.62. The fourth-order valence-corrected chi connectivity index (χ4v) is 5.22. The topological polar surface area (TPSA) is 87.3 Å². The fraction of sp³-hybridized carbons (Fsp3) is 0.194. The minimum absolute atomic E-state index is 0.106. The molecule has 0 radical (unpaired) electrons. The summed E-state index contributed by atoms with van der Waals surface area (Å²) in [6.45, 7) is 10.0. The average molecular weight is 592 g/mol. The van der Waals surface area contributed by atoms with Crippen LogP contribution in [0, 0.1) is 13.8 Å². The molecule has 0 aliphatic heterocycles. The van der Waals surface area contributed by atoms with Gasteiger partial charge in [0, 0.05) is 21.8 Å². The van der Waals surface area contributed by atoms with Gasteiger partial charge >= 0.3 is 0 Å². The highest BCUT2D eigenvalue weighted by Crippen LogP contribution is 2.27. The van der Waals surface area contributed by atoms with Crippen LogP contribution in [0.15, 0.2) is 108 Å². The number of carbonyl (C=O) groups is 3. The van der Waals surface area contributed by atoms with E-state index in [1.807, 2.05) is 87.5 Å². The standard InChI is InChI=1S/C36H37N3O3S/c1-23(2)28-18-16-27(17-19-28)21-33(39-35(41)29-10-7-6-8-11-29)36(42)37-30-12-9-13-31(22-30)43-26(5)34(40)38-32-20-24(3)14-15-25(32)4/h6-23,26H,1-5H3,(H,37,42)(H,38,40)(H,39,41)/b33-21+. The number of hydrogen-bond donors (Lipinski definition) is 3. The molecule has 0 bridgehead atoms. The maximum absolute atomic E-state index is 13.5. The SMILES string of the molecule is Cc1ccc(C)c(NC(=O)C(C)Sc2cccc(NC(=O)/C(=C\c3ccc(C(C)C)cc3)NC(=O)c3ccccc3)c2)c1. The first kappa shape index (κ1) is 31.3. The predicted molar refractivity (Wildman–Crippen MR) is 177 cm³/mol. The molecular formula is C36H37N3O3S. The van der Waals surface area contributed by atoms with Gasteiger partial charge in [-0.25, -0.2) is 0 Å². The summed E-state index contributed by atoms with van der Waals surface area (Å²) >= 11 is 1.40. The van der Waals surface area contributed by atoms with Gasteiger partial charge in [-0.05, 0) is 91.4 Å². The van der Waals surface area contributed by atoms with E-state index in [9.17, 15) is 14.4 Å². The van der Waals surface area contributed by atoms with E-state index in [1.54, 1.807) is 36.4 Å². The van der Waals surface area contributed by atoms with Crippen molar-refractivity contribution in [2.75, 3.05) is 10.6 Å². The van der Waals surface area contributed by atoms with Gasteiger partial charge in [-0.15, -0.1) is 11.8 Å². The van der Waals surface area contributed by atoms with Crippen LogP contribution < -0.4 is 16.0 Å². The molecule has 0 aromatic heterocycles. The highest BCUT2D eigenvalue weighted by molar-refractivity contribution is 8.00.